The molecule has 0 aliphatic carbocycles. The minimum Gasteiger partial charge on any atom is -0.480 e. The first-order valence-electron chi connectivity index (χ1n) is 3.81. The number of ether oxygens (including phenoxy) is 1. The number of amides is 1. The predicted octanol–water partition coefficient (Wildman–Crippen LogP) is -0.162. The molecule has 13 heavy (non-hydrogen) atoms. The van der Waals surface area contributed by atoms with E-state index < -0.39 is 18.1 Å². The molecule has 0 aromatic heterocycles. The Labute approximate surface area is 74.7 Å². The summed E-state index contributed by atoms with van der Waals surface area (Å²) in [5.74, 6) is -1.12. The van der Waals surface area contributed by atoms with Gasteiger partial charge in [0.2, 0.25) is 0 Å². The monoisotopic (exact) mass is 189 g/mol. The van der Waals surface area contributed by atoms with Crippen molar-refractivity contribution < 1.29 is 24.5 Å². The number of aliphatic carboxylic acids is 1. The van der Waals surface area contributed by atoms with E-state index in [9.17, 15) is 9.59 Å². The van der Waals surface area contributed by atoms with Crippen molar-refractivity contribution in [3.8, 4) is 0 Å². The van der Waals surface area contributed by atoms with Crippen LogP contribution in [-0.2, 0) is 9.53 Å². The van der Waals surface area contributed by atoms with Crippen molar-refractivity contribution in [2.24, 2.45) is 0 Å². The second-order valence-corrected chi connectivity index (χ2v) is 2.88. The molecule has 0 bridgehead atoms. The van der Waals surface area contributed by atoms with Gasteiger partial charge in [0.1, 0.15) is 6.04 Å². The first kappa shape index (κ1) is 9.79. The van der Waals surface area contributed by atoms with Gasteiger partial charge in [0, 0.05) is 13.5 Å². The molecular weight excluding hydrogens is 178 g/mol. The number of hydrogen-bond acceptors (Lipinski definition) is 3. The van der Waals surface area contributed by atoms with E-state index in [1.807, 2.05) is 0 Å². The van der Waals surface area contributed by atoms with Crippen molar-refractivity contribution in [1.82, 2.24) is 4.90 Å². The fourth-order valence-electron chi connectivity index (χ4n) is 1.41. The van der Waals surface area contributed by atoms with Gasteiger partial charge in [0.15, 0.2) is 0 Å². The van der Waals surface area contributed by atoms with Crippen LogP contribution in [0.15, 0.2) is 0 Å². The number of rotatable bonds is 2. The van der Waals surface area contributed by atoms with Gasteiger partial charge in [0.25, 0.3) is 0 Å². The molecule has 1 heterocycles. The summed E-state index contributed by atoms with van der Waals surface area (Å²) in [5, 5.41) is 17.3. The van der Waals surface area contributed by atoms with Crippen LogP contribution in [0.3, 0.4) is 0 Å². The molecule has 1 amide bonds. The number of nitrogens with zero attached hydrogens (tertiary/aromatic N) is 1. The first-order valence-corrected chi connectivity index (χ1v) is 3.81. The third-order valence-electron chi connectivity index (χ3n) is 2.13. The standard InChI is InChI=1S/C7H11NO5/c1-13-4-2-5(6(9)10)8(3-4)7(11)12/h4-5H,2-3H2,1H3,(H,9,10)(H,11,12)/t4-,5+/m0/s1. The lowest BCUT2D eigenvalue weighted by Gasteiger charge is -2.16. The summed E-state index contributed by atoms with van der Waals surface area (Å²) < 4.78 is 4.90. The van der Waals surface area contributed by atoms with Crippen molar-refractivity contribution in [2.45, 2.75) is 18.6 Å². The minimum atomic E-state index is -1.22. The summed E-state index contributed by atoms with van der Waals surface area (Å²) in [5.41, 5.74) is 0. The summed E-state index contributed by atoms with van der Waals surface area (Å²) in [7, 11) is 1.44. The van der Waals surface area contributed by atoms with Crippen LogP contribution in [0.5, 0.6) is 0 Å². The smallest absolute Gasteiger partial charge is 0.408 e. The van der Waals surface area contributed by atoms with Crippen molar-refractivity contribution in [2.75, 3.05) is 13.7 Å². The van der Waals surface area contributed by atoms with E-state index in [1.54, 1.807) is 0 Å². The van der Waals surface area contributed by atoms with E-state index in [1.165, 1.54) is 7.11 Å². The quantitative estimate of drug-likeness (QED) is 0.630. The molecule has 1 aliphatic heterocycles. The zero-order valence-corrected chi connectivity index (χ0v) is 7.14. The van der Waals surface area contributed by atoms with Crippen LogP contribution in [-0.4, -0.2) is 53.0 Å². The van der Waals surface area contributed by atoms with E-state index in [2.05, 4.69) is 0 Å². The SMILES string of the molecule is CO[C@H]1C[C@H](C(=O)O)N(C(=O)O)C1. The highest BCUT2D eigenvalue weighted by Crippen LogP contribution is 2.19. The maximum absolute atomic E-state index is 10.6. The van der Waals surface area contributed by atoms with E-state index >= 15 is 0 Å². The van der Waals surface area contributed by atoms with E-state index in [-0.39, 0.29) is 19.1 Å². The maximum atomic E-state index is 10.6. The van der Waals surface area contributed by atoms with Gasteiger partial charge >= 0.3 is 12.1 Å². The largest absolute Gasteiger partial charge is 0.480 e. The average Bonchev–Trinajstić information content (AvgIpc) is 2.47. The molecule has 1 rings (SSSR count). The molecule has 0 aromatic carbocycles. The van der Waals surface area contributed by atoms with Crippen LogP contribution >= 0.6 is 0 Å². The van der Waals surface area contributed by atoms with E-state index in [0.717, 1.165) is 4.90 Å². The molecule has 6 nitrogen and oxygen atoms in total. The first-order chi connectivity index (χ1) is 6.06. The molecule has 74 valence electrons. The highest BCUT2D eigenvalue weighted by Gasteiger charge is 2.39. The van der Waals surface area contributed by atoms with Crippen LogP contribution in [0.1, 0.15) is 6.42 Å². The number of likely N-dealkylation sites (tertiary alicyclic amines) is 1. The number of hydrogen-bond donors (Lipinski definition) is 2. The van der Waals surface area contributed by atoms with Crippen molar-refractivity contribution in [3.05, 3.63) is 0 Å². The van der Waals surface area contributed by atoms with Gasteiger partial charge in [-0.25, -0.2) is 9.59 Å². The summed E-state index contributed by atoms with van der Waals surface area (Å²) in [6.07, 6.45) is -1.30. The van der Waals surface area contributed by atoms with Crippen LogP contribution < -0.4 is 0 Å². The Bertz CT molecular complexity index is 207. The van der Waals surface area contributed by atoms with Crippen LogP contribution in [0.4, 0.5) is 4.79 Å². The highest BCUT2D eigenvalue weighted by atomic mass is 16.5. The number of carboxylic acid groups (broad SMARTS) is 2. The predicted molar refractivity (Wildman–Crippen MR) is 41.6 cm³/mol. The van der Waals surface area contributed by atoms with E-state index in [0.29, 0.717) is 0 Å². The normalized spacial score (nSPS) is 27.6. The third kappa shape index (κ3) is 1.89. The maximum Gasteiger partial charge on any atom is 0.408 e. The lowest BCUT2D eigenvalue weighted by Crippen LogP contribution is -2.39. The number of methoxy groups -OCH3 is 1. The Kier molecular flexibility index (Phi) is 2.72. The zero-order valence-electron chi connectivity index (χ0n) is 7.14. The topological polar surface area (TPSA) is 87.1 Å². The van der Waals surface area contributed by atoms with Gasteiger partial charge < -0.3 is 14.9 Å². The molecule has 0 radical (unpaired) electrons. The third-order valence-corrected chi connectivity index (χ3v) is 2.13. The van der Waals surface area contributed by atoms with Gasteiger partial charge in [-0.05, 0) is 0 Å². The molecule has 1 saturated heterocycles. The second kappa shape index (κ2) is 3.61. The van der Waals surface area contributed by atoms with Gasteiger partial charge in [-0.15, -0.1) is 0 Å². The molecular formula is C7H11NO5. The Balaban J connectivity index is 2.71. The Morgan fingerprint density at radius 1 is 1.46 bits per heavy atom. The average molecular weight is 189 g/mol. The van der Waals surface area contributed by atoms with Crippen LogP contribution in [0.25, 0.3) is 0 Å². The van der Waals surface area contributed by atoms with Gasteiger partial charge in [-0.2, -0.15) is 0 Å². The van der Waals surface area contributed by atoms with Crippen LogP contribution in [0, 0.1) is 0 Å². The molecule has 2 N–H and O–H groups in total. The number of carbonyl (C=O) groups is 2. The molecule has 0 aromatic rings. The van der Waals surface area contributed by atoms with Crippen molar-refractivity contribution >= 4 is 12.1 Å². The highest BCUT2D eigenvalue weighted by molar-refractivity contribution is 5.80. The van der Waals surface area contributed by atoms with Gasteiger partial charge in [0.05, 0.1) is 12.6 Å². The molecule has 0 unspecified atom stereocenters. The number of carboxylic acids is 1. The van der Waals surface area contributed by atoms with Crippen molar-refractivity contribution in [1.29, 1.82) is 0 Å². The van der Waals surface area contributed by atoms with E-state index in [4.69, 9.17) is 14.9 Å². The zero-order chi connectivity index (χ0) is 10.0. The Hall–Kier alpha value is -1.30. The fourth-order valence-corrected chi connectivity index (χ4v) is 1.41. The summed E-state index contributed by atoms with van der Waals surface area (Å²) in [6.45, 7) is 0.128. The molecule has 6 heteroatoms. The fraction of sp³-hybridized carbons (Fsp3) is 0.714. The lowest BCUT2D eigenvalue weighted by atomic mass is 10.2. The lowest BCUT2D eigenvalue weighted by molar-refractivity contribution is -0.141. The summed E-state index contributed by atoms with van der Waals surface area (Å²) >= 11 is 0. The van der Waals surface area contributed by atoms with Gasteiger partial charge in [-0.1, -0.05) is 0 Å². The molecule has 0 spiro atoms. The Morgan fingerprint density at radius 2 is 2.08 bits per heavy atom. The summed E-state index contributed by atoms with van der Waals surface area (Å²) in [6, 6.07) is -0.970. The van der Waals surface area contributed by atoms with Crippen molar-refractivity contribution in [3.63, 3.8) is 0 Å². The molecule has 2 atom stereocenters. The van der Waals surface area contributed by atoms with Gasteiger partial charge in [-0.3, -0.25) is 4.90 Å². The summed E-state index contributed by atoms with van der Waals surface area (Å²) in [4.78, 5) is 22.1. The molecule has 0 saturated carbocycles. The molecule has 1 fully saturated rings. The molecule has 1 aliphatic rings. The Morgan fingerprint density at radius 3 is 2.38 bits per heavy atom. The second-order valence-electron chi connectivity index (χ2n) is 2.88. The minimum absolute atomic E-state index is 0.128. The van der Waals surface area contributed by atoms with Crippen LogP contribution in [0.2, 0.25) is 0 Å².